The van der Waals surface area contributed by atoms with Gasteiger partial charge in [-0.25, -0.2) is 0 Å². The number of anilines is 2. The quantitative estimate of drug-likeness (QED) is 0.433. The second kappa shape index (κ2) is 7.98. The fourth-order valence-electron chi connectivity index (χ4n) is 4.29. The maximum Gasteiger partial charge on any atom is 0.0851 e. The summed E-state index contributed by atoms with van der Waals surface area (Å²) in [6.45, 7) is 3.28. The Labute approximate surface area is 186 Å². The molecule has 4 heterocycles. The van der Waals surface area contributed by atoms with Gasteiger partial charge in [-0.2, -0.15) is 0 Å². The Hall–Kier alpha value is -1.77. The lowest BCUT2D eigenvalue weighted by atomic mass is 9.87. The van der Waals surface area contributed by atoms with E-state index in [0.717, 1.165) is 63.5 Å². The molecule has 6 rings (SSSR count). The summed E-state index contributed by atoms with van der Waals surface area (Å²) in [5, 5.41) is 0. The SMILES string of the molecule is Nc1ccc(Sc2c(CC3CO3)c(CC3CO3)c(N)c(CC3CO3)c2CC2CO2)cc1. The molecule has 31 heavy (non-hydrogen) atoms. The summed E-state index contributed by atoms with van der Waals surface area (Å²) in [7, 11) is 0. The molecule has 0 radical (unpaired) electrons. The average Bonchev–Trinajstić information content (AvgIpc) is 3.61. The molecule has 4 aliphatic heterocycles. The lowest BCUT2D eigenvalue weighted by Crippen LogP contribution is -2.16. The van der Waals surface area contributed by atoms with E-state index in [1.807, 2.05) is 23.9 Å². The molecule has 0 amide bonds. The fraction of sp³-hybridized carbons (Fsp3) is 0.500. The van der Waals surface area contributed by atoms with Crippen molar-refractivity contribution in [1.82, 2.24) is 0 Å². The van der Waals surface area contributed by atoms with Gasteiger partial charge >= 0.3 is 0 Å². The fourth-order valence-corrected chi connectivity index (χ4v) is 5.46. The van der Waals surface area contributed by atoms with E-state index < -0.39 is 0 Å². The van der Waals surface area contributed by atoms with Gasteiger partial charge in [0.2, 0.25) is 0 Å². The summed E-state index contributed by atoms with van der Waals surface area (Å²) < 4.78 is 22.5. The van der Waals surface area contributed by atoms with E-state index in [0.29, 0.717) is 0 Å². The molecule has 0 bridgehead atoms. The number of benzene rings is 2. The predicted octanol–water partition coefficient (Wildman–Crippen LogP) is 2.77. The molecule has 0 spiro atoms. The molecule has 0 aromatic heterocycles. The van der Waals surface area contributed by atoms with Gasteiger partial charge < -0.3 is 30.4 Å². The maximum atomic E-state index is 6.89. The first-order valence-corrected chi connectivity index (χ1v) is 11.9. The Morgan fingerprint density at radius 3 is 1.42 bits per heavy atom. The van der Waals surface area contributed by atoms with E-state index in [2.05, 4.69) is 12.1 Å². The molecule has 6 nitrogen and oxygen atoms in total. The molecule has 0 saturated carbocycles. The molecule has 7 heteroatoms. The highest BCUT2D eigenvalue weighted by Gasteiger charge is 2.36. The second-order valence-electron chi connectivity index (χ2n) is 8.97. The number of ether oxygens (including phenoxy) is 4. The van der Waals surface area contributed by atoms with Crippen LogP contribution in [0.5, 0.6) is 0 Å². The normalized spacial score (nSPS) is 27.9. The van der Waals surface area contributed by atoms with Crippen LogP contribution in [0, 0.1) is 0 Å². The molecule has 2 aromatic rings. The average molecular weight is 441 g/mol. The van der Waals surface area contributed by atoms with Crippen LogP contribution in [-0.4, -0.2) is 50.8 Å². The van der Waals surface area contributed by atoms with Gasteiger partial charge in [0.15, 0.2) is 0 Å². The number of hydrogen-bond donors (Lipinski definition) is 2. The Morgan fingerprint density at radius 2 is 1.03 bits per heavy atom. The number of rotatable bonds is 10. The van der Waals surface area contributed by atoms with Crippen molar-refractivity contribution in [2.75, 3.05) is 37.9 Å². The van der Waals surface area contributed by atoms with Crippen molar-refractivity contribution in [3.05, 3.63) is 46.5 Å². The standard InChI is InChI=1S/C24H28N2O4S/c25-13-1-3-18(4-2-13)31-24-21(7-16-11-29-16)19(5-14-9-27-14)23(26)20(6-15-10-28-15)22(24)8-17-12-30-17/h1-4,14-17H,5-12,25-26H2. The summed E-state index contributed by atoms with van der Waals surface area (Å²) in [5.74, 6) is 0. The van der Waals surface area contributed by atoms with Crippen LogP contribution in [0.3, 0.4) is 0 Å². The van der Waals surface area contributed by atoms with E-state index >= 15 is 0 Å². The van der Waals surface area contributed by atoms with Gasteiger partial charge in [-0.1, -0.05) is 11.8 Å². The van der Waals surface area contributed by atoms with Gasteiger partial charge in [-0.15, -0.1) is 0 Å². The van der Waals surface area contributed by atoms with Gasteiger partial charge in [-0.05, 0) is 46.5 Å². The molecule has 0 aliphatic carbocycles. The largest absolute Gasteiger partial charge is 0.399 e. The van der Waals surface area contributed by atoms with E-state index in [9.17, 15) is 0 Å². The lowest BCUT2D eigenvalue weighted by Gasteiger charge is -2.24. The highest BCUT2D eigenvalue weighted by atomic mass is 32.2. The van der Waals surface area contributed by atoms with E-state index in [1.165, 1.54) is 32.0 Å². The molecule has 4 aliphatic rings. The van der Waals surface area contributed by atoms with Crippen LogP contribution in [0.15, 0.2) is 34.1 Å². The molecule has 4 saturated heterocycles. The zero-order valence-electron chi connectivity index (χ0n) is 17.5. The molecule has 4 unspecified atom stereocenters. The number of epoxide rings is 4. The van der Waals surface area contributed by atoms with Crippen molar-refractivity contribution >= 4 is 23.1 Å². The zero-order valence-corrected chi connectivity index (χ0v) is 18.3. The summed E-state index contributed by atoms with van der Waals surface area (Å²) in [6, 6.07) is 8.12. The summed E-state index contributed by atoms with van der Waals surface area (Å²) in [6.07, 6.45) is 4.63. The molecular weight excluding hydrogens is 412 g/mol. The highest BCUT2D eigenvalue weighted by molar-refractivity contribution is 7.99. The third-order valence-electron chi connectivity index (χ3n) is 6.36. The molecule has 4 fully saturated rings. The van der Waals surface area contributed by atoms with Gasteiger partial charge in [0.25, 0.3) is 0 Å². The van der Waals surface area contributed by atoms with E-state index in [-0.39, 0.29) is 24.4 Å². The Balaban J connectivity index is 1.49. The van der Waals surface area contributed by atoms with Crippen LogP contribution in [-0.2, 0) is 44.6 Å². The minimum Gasteiger partial charge on any atom is -0.399 e. The van der Waals surface area contributed by atoms with Crippen molar-refractivity contribution in [3.8, 4) is 0 Å². The smallest absolute Gasteiger partial charge is 0.0851 e. The predicted molar refractivity (Wildman–Crippen MR) is 120 cm³/mol. The van der Waals surface area contributed by atoms with Crippen LogP contribution in [0.4, 0.5) is 11.4 Å². The summed E-state index contributed by atoms with van der Waals surface area (Å²) >= 11 is 1.82. The highest BCUT2D eigenvalue weighted by Crippen LogP contribution is 2.45. The maximum absolute atomic E-state index is 6.89. The van der Waals surface area contributed by atoms with Crippen molar-refractivity contribution in [1.29, 1.82) is 0 Å². The second-order valence-corrected chi connectivity index (χ2v) is 10.0. The zero-order chi connectivity index (χ0) is 20.9. The topological polar surface area (TPSA) is 102 Å². The minimum absolute atomic E-state index is 0.276. The molecular formula is C24H28N2O4S. The summed E-state index contributed by atoms with van der Waals surface area (Å²) in [5.41, 5.74) is 19.7. The van der Waals surface area contributed by atoms with Crippen LogP contribution in [0.1, 0.15) is 22.3 Å². The monoisotopic (exact) mass is 440 g/mol. The molecule has 4 atom stereocenters. The Bertz CT molecular complexity index is 927. The third-order valence-corrected chi connectivity index (χ3v) is 7.57. The minimum atomic E-state index is 0.276. The van der Waals surface area contributed by atoms with E-state index in [1.54, 1.807) is 0 Å². The van der Waals surface area contributed by atoms with Crippen molar-refractivity contribution < 1.29 is 18.9 Å². The first-order chi connectivity index (χ1) is 15.1. The van der Waals surface area contributed by atoms with Crippen LogP contribution in [0.2, 0.25) is 0 Å². The number of nitrogen functional groups attached to an aromatic ring is 2. The first kappa shape index (κ1) is 19.9. The van der Waals surface area contributed by atoms with Crippen LogP contribution < -0.4 is 11.5 Å². The van der Waals surface area contributed by atoms with Crippen LogP contribution in [0.25, 0.3) is 0 Å². The number of hydrogen-bond acceptors (Lipinski definition) is 7. The van der Waals surface area contributed by atoms with Gasteiger partial charge in [0.1, 0.15) is 0 Å². The van der Waals surface area contributed by atoms with Crippen molar-refractivity contribution in [2.24, 2.45) is 0 Å². The van der Waals surface area contributed by atoms with Crippen molar-refractivity contribution in [2.45, 2.75) is 59.9 Å². The third kappa shape index (κ3) is 4.71. The van der Waals surface area contributed by atoms with E-state index in [4.69, 9.17) is 30.4 Å². The first-order valence-electron chi connectivity index (χ1n) is 11.1. The Kier molecular flexibility index (Phi) is 5.11. The lowest BCUT2D eigenvalue weighted by molar-refractivity contribution is 0.397. The Morgan fingerprint density at radius 1 is 0.645 bits per heavy atom. The van der Waals surface area contributed by atoms with Gasteiger partial charge in [-0.3, -0.25) is 0 Å². The van der Waals surface area contributed by atoms with Gasteiger partial charge in [0.05, 0.1) is 50.8 Å². The number of nitrogens with two attached hydrogens (primary N) is 2. The van der Waals surface area contributed by atoms with Crippen molar-refractivity contribution in [3.63, 3.8) is 0 Å². The molecule has 4 N–H and O–H groups in total. The van der Waals surface area contributed by atoms with Gasteiger partial charge in [0, 0.05) is 46.8 Å². The molecule has 2 aromatic carbocycles. The summed E-state index contributed by atoms with van der Waals surface area (Å²) in [4.78, 5) is 2.49. The van der Waals surface area contributed by atoms with Crippen LogP contribution >= 0.6 is 11.8 Å². The molecule has 164 valence electrons.